The van der Waals surface area contributed by atoms with Gasteiger partial charge in [-0.1, -0.05) is 13.3 Å². The van der Waals surface area contributed by atoms with Crippen LogP contribution < -0.4 is 5.32 Å². The molecule has 1 aliphatic rings. The average molecular weight is 224 g/mol. The van der Waals surface area contributed by atoms with Gasteiger partial charge in [-0.15, -0.1) is 11.3 Å². The monoisotopic (exact) mass is 224 g/mol. The maximum Gasteiger partial charge on any atom is 0.0931 e. The summed E-state index contributed by atoms with van der Waals surface area (Å²) in [5.41, 5.74) is 1.39. The van der Waals surface area contributed by atoms with Gasteiger partial charge in [0.1, 0.15) is 0 Å². The molecule has 1 heterocycles. The van der Waals surface area contributed by atoms with Crippen molar-refractivity contribution in [3.05, 3.63) is 15.6 Å². The van der Waals surface area contributed by atoms with E-state index in [0.29, 0.717) is 6.04 Å². The summed E-state index contributed by atoms with van der Waals surface area (Å²) in [6.07, 6.45) is 7.34. The number of hydrogen-bond acceptors (Lipinski definition) is 3. The second-order valence-corrected chi connectivity index (χ2v) is 5.48. The zero-order valence-electron chi connectivity index (χ0n) is 9.68. The van der Waals surface area contributed by atoms with Crippen molar-refractivity contribution in [3.63, 3.8) is 0 Å². The van der Waals surface area contributed by atoms with Crippen molar-refractivity contribution in [3.8, 4) is 0 Å². The van der Waals surface area contributed by atoms with Gasteiger partial charge < -0.3 is 5.32 Å². The molecule has 1 atom stereocenters. The van der Waals surface area contributed by atoms with Crippen LogP contribution in [0.15, 0.2) is 0 Å². The summed E-state index contributed by atoms with van der Waals surface area (Å²) in [5.74, 6) is 0. The molecule has 2 rings (SSSR count). The highest BCUT2D eigenvalue weighted by atomic mass is 32.1. The van der Waals surface area contributed by atoms with Crippen LogP contribution in [0.25, 0.3) is 0 Å². The Morgan fingerprint density at radius 2 is 2.40 bits per heavy atom. The van der Waals surface area contributed by atoms with Gasteiger partial charge in [-0.05, 0) is 39.2 Å². The SMILES string of the molecule is CCCCc1nc2c(s1)CC(NC)CC2. The van der Waals surface area contributed by atoms with Gasteiger partial charge in [0.25, 0.3) is 0 Å². The summed E-state index contributed by atoms with van der Waals surface area (Å²) in [6.45, 7) is 2.24. The summed E-state index contributed by atoms with van der Waals surface area (Å²) in [6, 6.07) is 0.678. The standard InChI is InChI=1S/C12H20N2S/c1-3-4-5-12-14-10-7-6-9(13-2)8-11(10)15-12/h9,13H,3-8H2,1-2H3. The Morgan fingerprint density at radius 1 is 1.53 bits per heavy atom. The molecule has 0 amide bonds. The second kappa shape index (κ2) is 5.08. The molecule has 1 aliphatic carbocycles. The van der Waals surface area contributed by atoms with Gasteiger partial charge in [0.05, 0.1) is 10.7 Å². The van der Waals surface area contributed by atoms with Crippen molar-refractivity contribution in [1.82, 2.24) is 10.3 Å². The molecule has 1 aromatic heterocycles. The first-order chi connectivity index (χ1) is 7.33. The quantitative estimate of drug-likeness (QED) is 0.850. The van der Waals surface area contributed by atoms with Gasteiger partial charge in [0, 0.05) is 10.9 Å². The van der Waals surface area contributed by atoms with E-state index in [2.05, 4.69) is 19.3 Å². The van der Waals surface area contributed by atoms with Crippen LogP contribution >= 0.6 is 11.3 Å². The van der Waals surface area contributed by atoms with E-state index in [1.807, 2.05) is 11.3 Å². The summed E-state index contributed by atoms with van der Waals surface area (Å²) in [5, 5.41) is 4.74. The van der Waals surface area contributed by atoms with Crippen molar-refractivity contribution >= 4 is 11.3 Å². The van der Waals surface area contributed by atoms with E-state index in [1.165, 1.54) is 54.1 Å². The third-order valence-corrected chi connectivity index (χ3v) is 4.32. The van der Waals surface area contributed by atoms with E-state index in [4.69, 9.17) is 4.98 Å². The Balaban J connectivity index is 2.04. The maximum absolute atomic E-state index is 4.75. The third-order valence-electron chi connectivity index (χ3n) is 3.14. The molecular formula is C12H20N2S. The first kappa shape index (κ1) is 11.1. The number of fused-ring (bicyclic) bond motifs is 1. The van der Waals surface area contributed by atoms with Gasteiger partial charge in [-0.25, -0.2) is 4.98 Å². The normalized spacial score (nSPS) is 20.3. The first-order valence-corrected chi connectivity index (χ1v) is 6.79. The summed E-state index contributed by atoms with van der Waals surface area (Å²) in [4.78, 5) is 6.28. The minimum absolute atomic E-state index is 0.678. The van der Waals surface area contributed by atoms with Crippen LogP contribution in [0, 0.1) is 0 Å². The fourth-order valence-electron chi connectivity index (χ4n) is 2.11. The van der Waals surface area contributed by atoms with Gasteiger partial charge in [0.2, 0.25) is 0 Å². The minimum atomic E-state index is 0.678. The summed E-state index contributed by atoms with van der Waals surface area (Å²) < 4.78 is 0. The lowest BCUT2D eigenvalue weighted by molar-refractivity contribution is 0.496. The lowest BCUT2D eigenvalue weighted by atomic mass is 9.98. The van der Waals surface area contributed by atoms with E-state index < -0.39 is 0 Å². The van der Waals surface area contributed by atoms with Gasteiger partial charge in [-0.3, -0.25) is 0 Å². The van der Waals surface area contributed by atoms with Gasteiger partial charge in [0.15, 0.2) is 0 Å². The number of nitrogens with zero attached hydrogens (tertiary/aromatic N) is 1. The van der Waals surface area contributed by atoms with Crippen LogP contribution in [-0.4, -0.2) is 18.1 Å². The molecule has 0 aliphatic heterocycles. The topological polar surface area (TPSA) is 24.9 Å². The summed E-state index contributed by atoms with van der Waals surface area (Å²) in [7, 11) is 2.06. The molecule has 0 fully saturated rings. The van der Waals surface area contributed by atoms with Crippen LogP contribution in [0.5, 0.6) is 0 Å². The van der Waals surface area contributed by atoms with Gasteiger partial charge >= 0.3 is 0 Å². The van der Waals surface area contributed by atoms with Crippen LogP contribution in [0.3, 0.4) is 0 Å². The minimum Gasteiger partial charge on any atom is -0.317 e. The van der Waals surface area contributed by atoms with Crippen molar-refractivity contribution in [2.45, 2.75) is 51.5 Å². The molecule has 0 aromatic carbocycles. The fourth-order valence-corrected chi connectivity index (χ4v) is 3.35. The Morgan fingerprint density at radius 3 is 3.13 bits per heavy atom. The van der Waals surface area contributed by atoms with Crippen molar-refractivity contribution in [1.29, 1.82) is 0 Å². The zero-order valence-corrected chi connectivity index (χ0v) is 10.5. The van der Waals surface area contributed by atoms with Crippen LogP contribution in [0.1, 0.15) is 41.8 Å². The maximum atomic E-state index is 4.75. The van der Waals surface area contributed by atoms with Crippen LogP contribution in [0.2, 0.25) is 0 Å². The number of unbranched alkanes of at least 4 members (excludes halogenated alkanes) is 1. The number of thiazole rings is 1. The highest BCUT2D eigenvalue weighted by Gasteiger charge is 2.20. The van der Waals surface area contributed by atoms with E-state index in [1.54, 1.807) is 0 Å². The fraction of sp³-hybridized carbons (Fsp3) is 0.750. The first-order valence-electron chi connectivity index (χ1n) is 5.98. The van der Waals surface area contributed by atoms with Crippen molar-refractivity contribution < 1.29 is 0 Å². The highest BCUT2D eigenvalue weighted by Crippen LogP contribution is 2.27. The van der Waals surface area contributed by atoms with Crippen molar-refractivity contribution in [2.75, 3.05) is 7.05 Å². The molecule has 1 aromatic rings. The zero-order chi connectivity index (χ0) is 10.7. The van der Waals surface area contributed by atoms with E-state index in [0.717, 1.165) is 0 Å². The largest absolute Gasteiger partial charge is 0.317 e. The Kier molecular flexibility index (Phi) is 3.76. The van der Waals surface area contributed by atoms with Crippen LogP contribution in [-0.2, 0) is 19.3 Å². The Bertz CT molecular complexity index is 319. The molecule has 84 valence electrons. The van der Waals surface area contributed by atoms with E-state index >= 15 is 0 Å². The number of rotatable bonds is 4. The molecule has 1 N–H and O–H groups in total. The predicted octanol–water partition coefficient (Wildman–Crippen LogP) is 2.56. The molecule has 0 radical (unpaired) electrons. The summed E-state index contributed by atoms with van der Waals surface area (Å²) >= 11 is 1.94. The van der Waals surface area contributed by atoms with E-state index in [9.17, 15) is 0 Å². The lowest BCUT2D eigenvalue weighted by Crippen LogP contribution is -2.30. The van der Waals surface area contributed by atoms with E-state index in [-0.39, 0.29) is 0 Å². The molecular weight excluding hydrogens is 204 g/mol. The number of hydrogen-bond donors (Lipinski definition) is 1. The molecule has 0 saturated carbocycles. The smallest absolute Gasteiger partial charge is 0.0931 e. The van der Waals surface area contributed by atoms with Crippen LogP contribution in [0.4, 0.5) is 0 Å². The molecule has 0 spiro atoms. The number of aryl methyl sites for hydroxylation is 2. The molecule has 15 heavy (non-hydrogen) atoms. The molecule has 1 unspecified atom stereocenters. The highest BCUT2D eigenvalue weighted by molar-refractivity contribution is 7.11. The van der Waals surface area contributed by atoms with Gasteiger partial charge in [-0.2, -0.15) is 0 Å². The molecule has 2 nitrogen and oxygen atoms in total. The second-order valence-electron chi connectivity index (χ2n) is 4.31. The third kappa shape index (κ3) is 2.58. The molecule has 0 bridgehead atoms. The average Bonchev–Trinajstić information content (AvgIpc) is 2.67. The lowest BCUT2D eigenvalue weighted by Gasteiger charge is -2.19. The Labute approximate surface area is 96.1 Å². The molecule has 3 heteroatoms. The number of likely N-dealkylation sites (N-methyl/N-ethyl adjacent to an activating group) is 1. The number of nitrogens with one attached hydrogen (secondary N) is 1. The molecule has 0 saturated heterocycles. The van der Waals surface area contributed by atoms with Crippen molar-refractivity contribution in [2.24, 2.45) is 0 Å². The number of aromatic nitrogens is 1. The predicted molar refractivity (Wildman–Crippen MR) is 65.6 cm³/mol. The Hall–Kier alpha value is -0.410.